The fraction of sp³-hybridized carbons (Fsp3) is 0.273. The number of hydrogen-bond donors (Lipinski definition) is 1. The van der Waals surface area contributed by atoms with Crippen molar-refractivity contribution in [3.63, 3.8) is 0 Å². The van der Waals surface area contributed by atoms with E-state index in [2.05, 4.69) is 15.4 Å². The maximum atomic E-state index is 14.8. The molecule has 1 aliphatic rings. The van der Waals surface area contributed by atoms with Gasteiger partial charge in [-0.3, -0.25) is 9.67 Å². The lowest BCUT2D eigenvalue weighted by Crippen LogP contribution is -2.39. The molecule has 0 atom stereocenters. The lowest BCUT2D eigenvalue weighted by molar-refractivity contribution is 0.156. The zero-order chi connectivity index (χ0) is 24.2. The summed E-state index contributed by atoms with van der Waals surface area (Å²) in [5, 5.41) is 6.59. The first-order chi connectivity index (χ1) is 16.4. The molecule has 1 aliphatic heterocycles. The number of urea groups is 2. The van der Waals surface area contributed by atoms with Gasteiger partial charge in [0.15, 0.2) is 5.82 Å². The number of halogens is 2. The molecule has 3 heterocycles. The van der Waals surface area contributed by atoms with E-state index in [1.54, 1.807) is 42.5 Å². The summed E-state index contributed by atoms with van der Waals surface area (Å²) in [6.45, 7) is 1.28. The van der Waals surface area contributed by atoms with E-state index in [0.717, 1.165) is 16.5 Å². The van der Waals surface area contributed by atoms with Gasteiger partial charge in [-0.05, 0) is 12.1 Å². The average molecular weight is 489 g/mol. The molecular formula is C22H22ClFN6O4. The number of carbonyl (C=O) groups excluding carboxylic acids is 2. The van der Waals surface area contributed by atoms with Crippen molar-refractivity contribution in [2.24, 2.45) is 7.05 Å². The Balaban J connectivity index is 1.45. The van der Waals surface area contributed by atoms with Gasteiger partial charge in [-0.1, -0.05) is 11.6 Å². The van der Waals surface area contributed by atoms with Crippen LogP contribution in [0.3, 0.4) is 0 Å². The molecule has 4 amide bonds. The topological polar surface area (TPSA) is 102 Å². The Morgan fingerprint density at radius 3 is 2.85 bits per heavy atom. The summed E-state index contributed by atoms with van der Waals surface area (Å²) in [6.07, 6.45) is 5.02. The van der Waals surface area contributed by atoms with Crippen molar-refractivity contribution in [3.05, 3.63) is 53.7 Å². The Morgan fingerprint density at radius 1 is 1.29 bits per heavy atom. The van der Waals surface area contributed by atoms with Crippen molar-refractivity contribution in [1.29, 1.82) is 0 Å². The number of aromatic nitrogens is 3. The third kappa shape index (κ3) is 5.10. The van der Waals surface area contributed by atoms with Crippen LogP contribution in [-0.4, -0.2) is 70.0 Å². The second-order valence-corrected chi connectivity index (χ2v) is 7.90. The number of benzene rings is 1. The SMILES string of the molecule is COCCN1CCN(C(=O)Nc2cc(Cl)c(Oc3ccnc(-c4cnn(C)c4)c3)cc2F)C1=O. The minimum Gasteiger partial charge on any atom is -0.456 e. The highest BCUT2D eigenvalue weighted by Gasteiger charge is 2.33. The molecule has 0 spiro atoms. The summed E-state index contributed by atoms with van der Waals surface area (Å²) in [7, 11) is 3.32. The molecule has 2 aromatic heterocycles. The van der Waals surface area contributed by atoms with Crippen molar-refractivity contribution >= 4 is 29.4 Å². The lowest BCUT2D eigenvalue weighted by Gasteiger charge is -2.18. The molecule has 4 rings (SSSR count). The molecule has 10 nitrogen and oxygen atoms in total. The Kier molecular flexibility index (Phi) is 6.94. The Hall–Kier alpha value is -3.70. The monoisotopic (exact) mass is 488 g/mol. The van der Waals surface area contributed by atoms with E-state index in [1.807, 2.05) is 0 Å². The first-order valence-electron chi connectivity index (χ1n) is 10.3. The molecule has 0 saturated carbocycles. The average Bonchev–Trinajstić information content (AvgIpc) is 3.41. The fourth-order valence-corrected chi connectivity index (χ4v) is 3.58. The van der Waals surface area contributed by atoms with Crippen molar-refractivity contribution in [2.75, 3.05) is 38.7 Å². The van der Waals surface area contributed by atoms with Crippen LogP contribution in [-0.2, 0) is 11.8 Å². The zero-order valence-electron chi connectivity index (χ0n) is 18.5. The predicted octanol–water partition coefficient (Wildman–Crippen LogP) is 3.98. The number of pyridine rings is 1. The van der Waals surface area contributed by atoms with E-state index in [-0.39, 0.29) is 23.0 Å². The number of methoxy groups -OCH3 is 1. The maximum absolute atomic E-state index is 14.8. The molecular weight excluding hydrogens is 467 g/mol. The minimum atomic E-state index is -0.767. The smallest absolute Gasteiger partial charge is 0.330 e. The van der Waals surface area contributed by atoms with Gasteiger partial charge in [-0.2, -0.15) is 5.10 Å². The van der Waals surface area contributed by atoms with Crippen molar-refractivity contribution in [1.82, 2.24) is 24.6 Å². The van der Waals surface area contributed by atoms with Gasteiger partial charge in [0.1, 0.15) is 11.5 Å². The van der Waals surface area contributed by atoms with Crippen LogP contribution in [0.4, 0.5) is 19.7 Å². The first-order valence-corrected chi connectivity index (χ1v) is 10.7. The first kappa shape index (κ1) is 23.5. The van der Waals surface area contributed by atoms with Crippen molar-refractivity contribution in [2.45, 2.75) is 0 Å². The van der Waals surface area contributed by atoms with E-state index in [0.29, 0.717) is 31.1 Å². The highest BCUT2D eigenvalue weighted by atomic mass is 35.5. The third-order valence-electron chi connectivity index (χ3n) is 5.13. The summed E-state index contributed by atoms with van der Waals surface area (Å²) >= 11 is 6.29. The van der Waals surface area contributed by atoms with Crippen LogP contribution in [0, 0.1) is 5.82 Å². The van der Waals surface area contributed by atoms with Gasteiger partial charge in [0.25, 0.3) is 0 Å². The number of nitrogens with one attached hydrogen (secondary N) is 1. The second kappa shape index (κ2) is 10.1. The number of anilines is 1. The number of imide groups is 1. The highest BCUT2D eigenvalue weighted by molar-refractivity contribution is 6.32. The normalized spacial score (nSPS) is 13.5. The van der Waals surface area contributed by atoms with Gasteiger partial charge in [0.2, 0.25) is 0 Å². The van der Waals surface area contributed by atoms with Crippen LogP contribution in [0.25, 0.3) is 11.3 Å². The van der Waals surface area contributed by atoms with Crippen LogP contribution in [0.5, 0.6) is 11.5 Å². The lowest BCUT2D eigenvalue weighted by atomic mass is 10.2. The van der Waals surface area contributed by atoms with Gasteiger partial charge in [-0.25, -0.2) is 18.9 Å². The molecule has 1 N–H and O–H groups in total. The minimum absolute atomic E-state index is 0.0588. The number of aryl methyl sites for hydroxylation is 1. The Morgan fingerprint density at radius 2 is 2.12 bits per heavy atom. The quantitative estimate of drug-likeness (QED) is 0.539. The molecule has 1 saturated heterocycles. The van der Waals surface area contributed by atoms with Gasteiger partial charge in [-0.15, -0.1) is 0 Å². The van der Waals surface area contributed by atoms with Crippen molar-refractivity contribution < 1.29 is 23.5 Å². The third-order valence-corrected chi connectivity index (χ3v) is 5.42. The Labute approximate surface area is 199 Å². The van der Waals surface area contributed by atoms with E-state index in [9.17, 15) is 14.0 Å². The van der Waals surface area contributed by atoms with Crippen LogP contribution >= 0.6 is 11.6 Å². The number of ether oxygens (including phenoxy) is 2. The fourth-order valence-electron chi connectivity index (χ4n) is 3.38. The molecule has 1 fully saturated rings. The molecule has 0 bridgehead atoms. The van der Waals surface area contributed by atoms with E-state index >= 15 is 0 Å². The summed E-state index contributed by atoms with van der Waals surface area (Å²) in [5.74, 6) is -0.314. The summed E-state index contributed by atoms with van der Waals surface area (Å²) < 4.78 is 27.1. The van der Waals surface area contributed by atoms with Gasteiger partial charge in [0.05, 0.1) is 29.2 Å². The zero-order valence-corrected chi connectivity index (χ0v) is 19.3. The molecule has 1 aromatic carbocycles. The van der Waals surface area contributed by atoms with Crippen LogP contribution in [0.1, 0.15) is 0 Å². The standard InChI is InChI=1S/C22H22ClFN6O4/c1-28-13-14(12-26-28)18-9-15(3-4-25-18)34-20-11-17(24)19(10-16(20)23)27-21(31)30-6-5-29(22(30)32)7-8-33-2/h3-4,9-13H,5-8H2,1-2H3,(H,27,31). The molecule has 0 unspecified atom stereocenters. The highest BCUT2D eigenvalue weighted by Crippen LogP contribution is 2.34. The number of hydrogen-bond acceptors (Lipinski definition) is 6. The molecule has 0 aliphatic carbocycles. The van der Waals surface area contributed by atoms with E-state index in [1.165, 1.54) is 18.1 Å². The number of amides is 4. The summed E-state index contributed by atoms with van der Waals surface area (Å²) in [5.41, 5.74) is 1.25. The number of rotatable bonds is 7. The van der Waals surface area contributed by atoms with Crippen LogP contribution in [0.2, 0.25) is 5.02 Å². The molecule has 34 heavy (non-hydrogen) atoms. The summed E-state index contributed by atoms with van der Waals surface area (Å²) in [4.78, 5) is 31.7. The van der Waals surface area contributed by atoms with Crippen LogP contribution < -0.4 is 10.1 Å². The second-order valence-electron chi connectivity index (χ2n) is 7.49. The van der Waals surface area contributed by atoms with Gasteiger partial charge < -0.3 is 19.7 Å². The molecule has 3 aromatic rings. The number of nitrogens with zero attached hydrogens (tertiary/aromatic N) is 5. The van der Waals surface area contributed by atoms with Gasteiger partial charge in [0, 0.05) is 63.9 Å². The van der Waals surface area contributed by atoms with E-state index in [4.69, 9.17) is 21.1 Å². The van der Waals surface area contributed by atoms with Crippen molar-refractivity contribution in [3.8, 4) is 22.8 Å². The molecule has 0 radical (unpaired) electrons. The van der Waals surface area contributed by atoms with E-state index < -0.39 is 17.9 Å². The van der Waals surface area contributed by atoms with Gasteiger partial charge >= 0.3 is 12.1 Å². The number of carbonyl (C=O) groups is 2. The largest absolute Gasteiger partial charge is 0.456 e. The maximum Gasteiger partial charge on any atom is 0.330 e. The Bertz CT molecular complexity index is 1220. The summed E-state index contributed by atoms with van der Waals surface area (Å²) in [6, 6.07) is 4.37. The van der Waals surface area contributed by atoms with Crippen LogP contribution in [0.15, 0.2) is 42.9 Å². The molecule has 12 heteroatoms. The molecule has 178 valence electrons. The predicted molar refractivity (Wildman–Crippen MR) is 122 cm³/mol.